The van der Waals surface area contributed by atoms with Gasteiger partial charge in [-0.05, 0) is 0 Å². The predicted octanol–water partition coefficient (Wildman–Crippen LogP) is 2.15. The number of aryl methyl sites for hydroxylation is 1. The molecular weight excluding hydrogens is 214 g/mol. The minimum atomic E-state index is 0.0550. The first-order valence-corrected chi connectivity index (χ1v) is 6.21. The fourth-order valence-electron chi connectivity index (χ4n) is 1.64. The van der Waals surface area contributed by atoms with E-state index in [9.17, 15) is 0 Å². The molecule has 1 aliphatic rings. The lowest BCUT2D eigenvalue weighted by atomic mass is 9.92. The molecular formula is C13H21N3O. The van der Waals surface area contributed by atoms with Gasteiger partial charge in [-0.15, -0.1) is 0 Å². The van der Waals surface area contributed by atoms with E-state index in [1.165, 1.54) is 0 Å². The molecule has 1 aromatic heterocycles. The van der Waals surface area contributed by atoms with Crippen molar-refractivity contribution in [2.75, 3.05) is 18.5 Å². The van der Waals surface area contributed by atoms with Crippen LogP contribution in [0.2, 0.25) is 0 Å². The highest BCUT2D eigenvalue weighted by Crippen LogP contribution is 2.23. The summed E-state index contributed by atoms with van der Waals surface area (Å²) in [7, 11) is 0. The van der Waals surface area contributed by atoms with Crippen molar-refractivity contribution in [3.8, 4) is 0 Å². The SMILES string of the molecule is CCc1nc(NC2COC2)cc(C(C)(C)C)n1. The van der Waals surface area contributed by atoms with Crippen molar-refractivity contribution in [3.63, 3.8) is 0 Å². The Morgan fingerprint density at radius 2 is 2.06 bits per heavy atom. The van der Waals surface area contributed by atoms with Gasteiger partial charge in [0.2, 0.25) is 0 Å². The molecule has 4 heteroatoms. The van der Waals surface area contributed by atoms with Gasteiger partial charge in [0.1, 0.15) is 11.6 Å². The van der Waals surface area contributed by atoms with Gasteiger partial charge in [-0.2, -0.15) is 0 Å². The van der Waals surface area contributed by atoms with Crippen LogP contribution in [-0.2, 0) is 16.6 Å². The van der Waals surface area contributed by atoms with Crippen LogP contribution in [0.15, 0.2) is 6.07 Å². The van der Waals surface area contributed by atoms with E-state index in [0.717, 1.165) is 37.0 Å². The Labute approximate surface area is 103 Å². The van der Waals surface area contributed by atoms with Crippen LogP contribution in [0.1, 0.15) is 39.2 Å². The second-order valence-corrected chi connectivity index (χ2v) is 5.54. The zero-order valence-electron chi connectivity index (χ0n) is 11.1. The molecule has 1 fully saturated rings. The van der Waals surface area contributed by atoms with Crippen molar-refractivity contribution in [1.82, 2.24) is 9.97 Å². The fourth-order valence-corrected chi connectivity index (χ4v) is 1.64. The summed E-state index contributed by atoms with van der Waals surface area (Å²) in [6.45, 7) is 10.1. The molecule has 0 spiro atoms. The van der Waals surface area contributed by atoms with Crippen LogP contribution in [0, 0.1) is 0 Å². The molecule has 94 valence electrons. The summed E-state index contributed by atoms with van der Waals surface area (Å²) in [4.78, 5) is 9.10. The van der Waals surface area contributed by atoms with Crippen molar-refractivity contribution < 1.29 is 4.74 Å². The maximum absolute atomic E-state index is 5.16. The van der Waals surface area contributed by atoms with E-state index in [0.29, 0.717) is 6.04 Å². The Hall–Kier alpha value is -1.16. The highest BCUT2D eigenvalue weighted by atomic mass is 16.5. The van der Waals surface area contributed by atoms with Crippen LogP contribution in [0.5, 0.6) is 0 Å². The molecule has 0 atom stereocenters. The second-order valence-electron chi connectivity index (χ2n) is 5.54. The highest BCUT2D eigenvalue weighted by molar-refractivity contribution is 5.39. The van der Waals surface area contributed by atoms with Gasteiger partial charge in [0.05, 0.1) is 24.9 Å². The minimum absolute atomic E-state index is 0.0550. The number of ether oxygens (including phenoxy) is 1. The van der Waals surface area contributed by atoms with Gasteiger partial charge < -0.3 is 10.1 Å². The Balaban J connectivity index is 2.24. The van der Waals surface area contributed by atoms with Gasteiger partial charge in [-0.1, -0.05) is 27.7 Å². The van der Waals surface area contributed by atoms with E-state index in [1.807, 2.05) is 0 Å². The van der Waals surface area contributed by atoms with Gasteiger partial charge in [-0.3, -0.25) is 0 Å². The second kappa shape index (κ2) is 4.61. The molecule has 0 radical (unpaired) electrons. The molecule has 0 saturated carbocycles. The van der Waals surface area contributed by atoms with Gasteiger partial charge >= 0.3 is 0 Å². The van der Waals surface area contributed by atoms with Crippen LogP contribution < -0.4 is 5.32 Å². The molecule has 0 aromatic carbocycles. The summed E-state index contributed by atoms with van der Waals surface area (Å²) in [5.74, 6) is 1.83. The molecule has 1 N–H and O–H groups in total. The normalized spacial score (nSPS) is 16.7. The predicted molar refractivity (Wildman–Crippen MR) is 68.3 cm³/mol. The van der Waals surface area contributed by atoms with E-state index in [4.69, 9.17) is 4.74 Å². The summed E-state index contributed by atoms with van der Waals surface area (Å²) in [6.07, 6.45) is 0.861. The van der Waals surface area contributed by atoms with E-state index >= 15 is 0 Å². The van der Waals surface area contributed by atoms with Crippen LogP contribution in [-0.4, -0.2) is 29.2 Å². The van der Waals surface area contributed by atoms with Crippen molar-refractivity contribution in [2.24, 2.45) is 0 Å². The first-order chi connectivity index (χ1) is 7.99. The van der Waals surface area contributed by atoms with Crippen molar-refractivity contribution in [3.05, 3.63) is 17.6 Å². The molecule has 2 heterocycles. The van der Waals surface area contributed by atoms with E-state index in [1.54, 1.807) is 0 Å². The number of aromatic nitrogens is 2. The third-order valence-electron chi connectivity index (χ3n) is 2.85. The summed E-state index contributed by atoms with van der Waals surface area (Å²) in [5.41, 5.74) is 1.14. The van der Waals surface area contributed by atoms with E-state index < -0.39 is 0 Å². The summed E-state index contributed by atoms with van der Waals surface area (Å²) >= 11 is 0. The molecule has 2 rings (SSSR count). The molecule has 0 amide bonds. The Morgan fingerprint density at radius 1 is 1.35 bits per heavy atom. The van der Waals surface area contributed by atoms with Gasteiger partial charge in [-0.25, -0.2) is 9.97 Å². The lowest BCUT2D eigenvalue weighted by molar-refractivity contribution is 0.0209. The largest absolute Gasteiger partial charge is 0.377 e. The monoisotopic (exact) mass is 235 g/mol. The lowest BCUT2D eigenvalue weighted by Crippen LogP contribution is -2.40. The summed E-state index contributed by atoms with van der Waals surface area (Å²) in [6, 6.07) is 2.46. The maximum Gasteiger partial charge on any atom is 0.130 e. The van der Waals surface area contributed by atoms with E-state index in [-0.39, 0.29) is 5.41 Å². The topological polar surface area (TPSA) is 47.0 Å². The van der Waals surface area contributed by atoms with Crippen molar-refractivity contribution in [2.45, 2.75) is 45.6 Å². The zero-order valence-corrected chi connectivity index (χ0v) is 11.1. The molecule has 0 bridgehead atoms. The smallest absolute Gasteiger partial charge is 0.130 e. The first-order valence-electron chi connectivity index (χ1n) is 6.21. The number of nitrogens with one attached hydrogen (secondary N) is 1. The first kappa shape index (κ1) is 12.3. The summed E-state index contributed by atoms with van der Waals surface area (Å²) in [5, 5.41) is 3.39. The van der Waals surface area contributed by atoms with E-state index in [2.05, 4.69) is 49.0 Å². The Morgan fingerprint density at radius 3 is 2.53 bits per heavy atom. The number of anilines is 1. The van der Waals surface area contributed by atoms with Crippen molar-refractivity contribution >= 4 is 5.82 Å². The molecule has 0 aliphatic carbocycles. The van der Waals surface area contributed by atoms with Gasteiger partial charge in [0.25, 0.3) is 0 Å². The lowest BCUT2D eigenvalue weighted by Gasteiger charge is -2.28. The molecule has 1 aliphatic heterocycles. The van der Waals surface area contributed by atoms with Crippen LogP contribution in [0.3, 0.4) is 0 Å². The average Bonchev–Trinajstić information content (AvgIpc) is 2.22. The third-order valence-corrected chi connectivity index (χ3v) is 2.85. The molecule has 17 heavy (non-hydrogen) atoms. The standard InChI is InChI=1S/C13H21N3O/c1-5-11-15-10(13(2,3)4)6-12(16-11)14-9-7-17-8-9/h6,9H,5,7-8H2,1-4H3,(H,14,15,16). The van der Waals surface area contributed by atoms with Crippen LogP contribution in [0.4, 0.5) is 5.82 Å². The van der Waals surface area contributed by atoms with Crippen LogP contribution >= 0.6 is 0 Å². The number of hydrogen-bond donors (Lipinski definition) is 1. The summed E-state index contributed by atoms with van der Waals surface area (Å²) < 4.78 is 5.16. The zero-order chi connectivity index (χ0) is 12.5. The number of nitrogens with zero attached hydrogens (tertiary/aromatic N) is 2. The van der Waals surface area contributed by atoms with Crippen molar-refractivity contribution in [1.29, 1.82) is 0 Å². The highest BCUT2D eigenvalue weighted by Gasteiger charge is 2.21. The van der Waals surface area contributed by atoms with Crippen LogP contribution in [0.25, 0.3) is 0 Å². The third kappa shape index (κ3) is 2.94. The Kier molecular flexibility index (Phi) is 3.33. The minimum Gasteiger partial charge on any atom is -0.377 e. The molecule has 0 unspecified atom stereocenters. The van der Waals surface area contributed by atoms with Gasteiger partial charge in [0, 0.05) is 17.9 Å². The number of rotatable bonds is 3. The fraction of sp³-hybridized carbons (Fsp3) is 0.692. The maximum atomic E-state index is 5.16. The van der Waals surface area contributed by atoms with Gasteiger partial charge in [0.15, 0.2) is 0 Å². The quantitative estimate of drug-likeness (QED) is 0.872. The Bertz CT molecular complexity index is 394. The molecule has 1 saturated heterocycles. The molecule has 4 nitrogen and oxygen atoms in total. The average molecular weight is 235 g/mol. The molecule has 1 aromatic rings. The number of hydrogen-bond acceptors (Lipinski definition) is 4.